The molecule has 11 nitrogen and oxygen atoms in total. The quantitative estimate of drug-likeness (QED) is 0.132. The predicted molar refractivity (Wildman–Crippen MR) is 147 cm³/mol. The minimum Gasteiger partial charge on any atom is -0.491 e. The Bertz CT molecular complexity index is 1020. The number of carbonyl (C=O) groups is 1. The Hall–Kier alpha value is -2.35. The Labute approximate surface area is 227 Å². The highest BCUT2D eigenvalue weighted by molar-refractivity contribution is 6.39. The van der Waals surface area contributed by atoms with Crippen molar-refractivity contribution >= 4 is 35.0 Å². The van der Waals surface area contributed by atoms with Gasteiger partial charge in [0.15, 0.2) is 0 Å². The second-order valence-electron chi connectivity index (χ2n) is 9.68. The fourth-order valence-electron chi connectivity index (χ4n) is 3.96. The third-order valence-electron chi connectivity index (χ3n) is 5.63. The predicted octanol–water partition coefficient (Wildman–Crippen LogP) is 2.89. The zero-order valence-electron chi connectivity index (χ0n) is 21.2. The van der Waals surface area contributed by atoms with Gasteiger partial charge in [-0.25, -0.2) is 15.6 Å². The first-order valence-electron chi connectivity index (χ1n) is 11.9. The molecule has 1 aliphatic heterocycles. The molecule has 0 spiro atoms. The van der Waals surface area contributed by atoms with Crippen LogP contribution in [0.25, 0.3) is 11.1 Å². The molecule has 0 radical (unpaired) electrons. The molecule has 1 saturated heterocycles. The van der Waals surface area contributed by atoms with Crippen LogP contribution >= 0.6 is 23.2 Å². The molecule has 1 aliphatic rings. The van der Waals surface area contributed by atoms with E-state index < -0.39 is 18.2 Å². The van der Waals surface area contributed by atoms with Crippen LogP contribution in [0.1, 0.15) is 33.6 Å². The SMILES string of the molecule is CC(C)(C)OC(=O)N1CCC[C@@H]1COc1ccc(-c2c(Cl)cc(NC(N)NC(NN)NN)cc2Cl)cc1. The molecule has 2 atom stereocenters. The Morgan fingerprint density at radius 2 is 1.76 bits per heavy atom. The van der Waals surface area contributed by atoms with E-state index >= 15 is 0 Å². The molecule has 1 fully saturated rings. The molecule has 0 aromatic heterocycles. The number of carbonyl (C=O) groups excluding carboxylic acids is 1. The second kappa shape index (κ2) is 12.9. The summed E-state index contributed by atoms with van der Waals surface area (Å²) >= 11 is 13.1. The van der Waals surface area contributed by atoms with Crippen molar-refractivity contribution in [2.75, 3.05) is 18.5 Å². The Morgan fingerprint density at radius 1 is 1.14 bits per heavy atom. The number of hydrazine groups is 2. The molecule has 13 heteroatoms. The fourth-order valence-corrected chi connectivity index (χ4v) is 4.66. The number of halogens is 2. The summed E-state index contributed by atoms with van der Waals surface area (Å²) in [5.74, 6) is 11.4. The van der Waals surface area contributed by atoms with Crippen LogP contribution in [-0.4, -0.2) is 48.4 Å². The maximum atomic E-state index is 12.5. The van der Waals surface area contributed by atoms with Crippen LogP contribution in [-0.2, 0) is 4.74 Å². The van der Waals surface area contributed by atoms with Crippen molar-refractivity contribution in [1.29, 1.82) is 0 Å². The van der Waals surface area contributed by atoms with Crippen molar-refractivity contribution in [3.63, 3.8) is 0 Å². The van der Waals surface area contributed by atoms with E-state index in [0.29, 0.717) is 40.2 Å². The normalized spacial score (nSPS) is 16.7. The maximum absolute atomic E-state index is 12.5. The topological polar surface area (TPSA) is 165 Å². The van der Waals surface area contributed by atoms with Crippen molar-refractivity contribution in [3.05, 3.63) is 46.4 Å². The van der Waals surface area contributed by atoms with Crippen LogP contribution in [0.2, 0.25) is 10.0 Å². The summed E-state index contributed by atoms with van der Waals surface area (Å²) < 4.78 is 11.5. The highest BCUT2D eigenvalue weighted by atomic mass is 35.5. The third-order valence-corrected chi connectivity index (χ3v) is 6.23. The van der Waals surface area contributed by atoms with Gasteiger partial charge in [0.25, 0.3) is 0 Å². The van der Waals surface area contributed by atoms with E-state index in [0.717, 1.165) is 18.4 Å². The van der Waals surface area contributed by atoms with E-state index in [2.05, 4.69) is 21.5 Å². The number of nitrogens with zero attached hydrogens (tertiary/aromatic N) is 1. The summed E-state index contributed by atoms with van der Waals surface area (Å²) in [5.41, 5.74) is 12.4. The van der Waals surface area contributed by atoms with Gasteiger partial charge in [-0.1, -0.05) is 35.3 Å². The molecular weight excluding hydrogens is 519 g/mol. The minimum absolute atomic E-state index is 0.0316. The summed E-state index contributed by atoms with van der Waals surface area (Å²) in [6.07, 6.45) is 0.178. The Balaban J connectivity index is 1.62. The van der Waals surface area contributed by atoms with Crippen molar-refractivity contribution < 1.29 is 14.3 Å². The highest BCUT2D eigenvalue weighted by Gasteiger charge is 2.32. The molecule has 2 aromatic carbocycles. The van der Waals surface area contributed by atoms with Crippen molar-refractivity contribution in [2.45, 2.75) is 57.8 Å². The molecule has 204 valence electrons. The van der Waals surface area contributed by atoms with Crippen LogP contribution in [0.5, 0.6) is 5.75 Å². The lowest BCUT2D eigenvalue weighted by Gasteiger charge is -2.28. The van der Waals surface area contributed by atoms with Crippen LogP contribution in [0.15, 0.2) is 36.4 Å². The van der Waals surface area contributed by atoms with Crippen molar-refractivity contribution in [1.82, 2.24) is 21.1 Å². The van der Waals surface area contributed by atoms with Gasteiger partial charge in [-0.05, 0) is 63.4 Å². The summed E-state index contributed by atoms with van der Waals surface area (Å²) in [4.78, 5) is 14.2. The van der Waals surface area contributed by atoms with Gasteiger partial charge in [-0.15, -0.1) is 0 Å². The van der Waals surface area contributed by atoms with Gasteiger partial charge in [0.2, 0.25) is 0 Å². The molecule has 0 bridgehead atoms. The number of nitrogens with one attached hydrogen (secondary N) is 4. The Kier molecular flexibility index (Phi) is 10.2. The van der Waals surface area contributed by atoms with Gasteiger partial charge in [0.1, 0.15) is 30.5 Å². The summed E-state index contributed by atoms with van der Waals surface area (Å²) in [6.45, 7) is 6.63. The largest absolute Gasteiger partial charge is 0.491 e. The van der Waals surface area contributed by atoms with E-state index in [1.165, 1.54) is 0 Å². The molecular formula is C24H36Cl2N8O3. The van der Waals surface area contributed by atoms with Crippen LogP contribution in [0.4, 0.5) is 10.5 Å². The first-order valence-corrected chi connectivity index (χ1v) is 12.7. The number of hydrogen-bond acceptors (Lipinski definition) is 10. The number of likely N-dealkylation sites (tertiary alicyclic amines) is 1. The van der Waals surface area contributed by atoms with Gasteiger partial charge < -0.3 is 19.7 Å². The molecule has 1 unspecified atom stereocenters. The average molecular weight is 556 g/mol. The summed E-state index contributed by atoms with van der Waals surface area (Å²) in [6, 6.07) is 10.9. The molecule has 2 aromatic rings. The monoisotopic (exact) mass is 554 g/mol. The lowest BCUT2D eigenvalue weighted by Crippen LogP contribution is -2.63. The number of nitrogens with two attached hydrogens (primary N) is 3. The number of amides is 1. The van der Waals surface area contributed by atoms with Crippen molar-refractivity contribution in [2.24, 2.45) is 17.4 Å². The lowest BCUT2D eigenvalue weighted by atomic mass is 10.0. The second-order valence-corrected chi connectivity index (χ2v) is 10.5. The van der Waals surface area contributed by atoms with Gasteiger partial charge in [-0.2, -0.15) is 0 Å². The summed E-state index contributed by atoms with van der Waals surface area (Å²) in [5, 5.41) is 6.79. The molecule has 37 heavy (non-hydrogen) atoms. The van der Waals surface area contributed by atoms with Crippen LogP contribution in [0.3, 0.4) is 0 Å². The number of ether oxygens (including phenoxy) is 2. The maximum Gasteiger partial charge on any atom is 0.410 e. The average Bonchev–Trinajstić information content (AvgIpc) is 3.29. The standard InChI is InChI=1S/C24H36Cl2N8O3/c1-24(2,3)37-23(35)34-10-4-5-16(34)13-36-17-8-6-14(7-9-17)20-18(25)11-15(12-19(20)26)30-21(27)31-22(32-28)33-29/h6-9,11-12,16,21-22,30-33H,4-5,10,13,27-29H2,1-3H3/t16-,21?/m1/s1. The zero-order chi connectivity index (χ0) is 27.2. The highest BCUT2D eigenvalue weighted by Crippen LogP contribution is 2.38. The summed E-state index contributed by atoms with van der Waals surface area (Å²) in [7, 11) is 0. The molecule has 1 heterocycles. The number of benzene rings is 2. The number of hydrogen-bond donors (Lipinski definition) is 7. The van der Waals surface area contributed by atoms with Gasteiger partial charge >= 0.3 is 6.09 Å². The van der Waals surface area contributed by atoms with Crippen LogP contribution < -0.4 is 43.6 Å². The molecule has 0 saturated carbocycles. The zero-order valence-corrected chi connectivity index (χ0v) is 22.7. The van der Waals surface area contributed by atoms with Crippen molar-refractivity contribution in [3.8, 4) is 16.9 Å². The lowest BCUT2D eigenvalue weighted by molar-refractivity contribution is 0.0187. The Morgan fingerprint density at radius 3 is 2.32 bits per heavy atom. The first-order chi connectivity index (χ1) is 17.5. The smallest absolute Gasteiger partial charge is 0.410 e. The van der Waals surface area contributed by atoms with E-state index in [-0.39, 0.29) is 12.1 Å². The molecule has 10 N–H and O–H groups in total. The van der Waals surface area contributed by atoms with E-state index in [4.69, 9.17) is 50.1 Å². The molecule has 0 aliphatic carbocycles. The van der Waals surface area contributed by atoms with Gasteiger partial charge in [0.05, 0.1) is 16.1 Å². The van der Waals surface area contributed by atoms with Crippen LogP contribution in [0, 0.1) is 0 Å². The number of rotatable bonds is 10. The minimum atomic E-state index is -0.697. The van der Waals surface area contributed by atoms with E-state index in [1.54, 1.807) is 17.0 Å². The fraction of sp³-hybridized carbons (Fsp3) is 0.458. The first kappa shape index (κ1) is 29.2. The van der Waals surface area contributed by atoms with Gasteiger partial charge in [0, 0.05) is 17.8 Å². The number of anilines is 1. The third kappa shape index (κ3) is 8.32. The van der Waals surface area contributed by atoms with E-state index in [9.17, 15) is 4.79 Å². The molecule has 1 amide bonds. The van der Waals surface area contributed by atoms with Gasteiger partial charge in [-0.3, -0.25) is 22.7 Å². The van der Waals surface area contributed by atoms with E-state index in [1.807, 2.05) is 45.0 Å². The molecule has 3 rings (SSSR count).